The highest BCUT2D eigenvalue weighted by molar-refractivity contribution is 5.55. The molecular weight excluding hydrogens is 251 g/mol. The van der Waals surface area contributed by atoms with E-state index in [0.717, 1.165) is 18.8 Å². The van der Waals surface area contributed by atoms with Crippen LogP contribution in [-0.4, -0.2) is 13.1 Å². The van der Waals surface area contributed by atoms with E-state index in [1.54, 1.807) is 6.07 Å². The van der Waals surface area contributed by atoms with Crippen molar-refractivity contribution in [3.63, 3.8) is 0 Å². The average molecular weight is 276 g/mol. The number of piperidine rings is 1. The van der Waals surface area contributed by atoms with Crippen LogP contribution in [0.1, 0.15) is 57.1 Å². The molecule has 1 aromatic rings. The van der Waals surface area contributed by atoms with E-state index in [4.69, 9.17) is 5.73 Å². The van der Waals surface area contributed by atoms with Crippen LogP contribution in [0.15, 0.2) is 18.2 Å². The zero-order valence-electron chi connectivity index (χ0n) is 12.4. The molecule has 0 aromatic heterocycles. The summed E-state index contributed by atoms with van der Waals surface area (Å²) in [5, 5.41) is 0. The molecule has 110 valence electrons. The normalized spacial score (nSPS) is 23.2. The van der Waals surface area contributed by atoms with Crippen molar-refractivity contribution in [2.24, 2.45) is 11.1 Å². The number of nitrogens with zero attached hydrogens (tertiary/aromatic N) is 1. The summed E-state index contributed by atoms with van der Waals surface area (Å²) in [6.07, 6.45) is 8.08. The number of rotatable bonds is 2. The number of anilines is 1. The van der Waals surface area contributed by atoms with E-state index in [2.05, 4.69) is 4.90 Å². The fraction of sp³-hybridized carbons (Fsp3) is 0.647. The van der Waals surface area contributed by atoms with Gasteiger partial charge in [0.25, 0.3) is 0 Å². The highest BCUT2D eigenvalue weighted by Gasteiger charge is 2.37. The molecule has 3 rings (SSSR count). The van der Waals surface area contributed by atoms with Crippen LogP contribution in [0.4, 0.5) is 10.1 Å². The second kappa shape index (κ2) is 5.36. The minimum absolute atomic E-state index is 0.168. The van der Waals surface area contributed by atoms with Crippen LogP contribution >= 0.6 is 0 Å². The maximum atomic E-state index is 14.0. The molecule has 2 N–H and O–H groups in total. The number of hydrogen-bond acceptors (Lipinski definition) is 2. The van der Waals surface area contributed by atoms with Crippen molar-refractivity contribution < 1.29 is 4.39 Å². The molecule has 1 saturated carbocycles. The molecule has 1 heterocycles. The van der Waals surface area contributed by atoms with Crippen LogP contribution in [0.2, 0.25) is 0 Å². The first-order chi connectivity index (χ1) is 9.61. The fourth-order valence-corrected chi connectivity index (χ4v) is 4.10. The summed E-state index contributed by atoms with van der Waals surface area (Å²) in [5.74, 6) is -0.168. The Labute approximate surface area is 121 Å². The summed E-state index contributed by atoms with van der Waals surface area (Å²) < 4.78 is 14.0. The van der Waals surface area contributed by atoms with Crippen molar-refractivity contribution in [2.45, 2.75) is 51.5 Å². The largest absolute Gasteiger partial charge is 0.371 e. The van der Waals surface area contributed by atoms with Gasteiger partial charge in [0.1, 0.15) is 5.82 Å². The molecule has 0 amide bonds. The van der Waals surface area contributed by atoms with Gasteiger partial charge in [-0.15, -0.1) is 0 Å². The Balaban J connectivity index is 1.80. The van der Waals surface area contributed by atoms with Gasteiger partial charge in [0.15, 0.2) is 0 Å². The monoisotopic (exact) mass is 276 g/mol. The minimum Gasteiger partial charge on any atom is -0.371 e. The van der Waals surface area contributed by atoms with Gasteiger partial charge in [-0.05, 0) is 50.2 Å². The van der Waals surface area contributed by atoms with Crippen LogP contribution in [0.3, 0.4) is 0 Å². The van der Waals surface area contributed by atoms with Gasteiger partial charge in [-0.25, -0.2) is 4.39 Å². The summed E-state index contributed by atoms with van der Waals surface area (Å²) in [7, 11) is 0. The third kappa shape index (κ3) is 2.44. The minimum atomic E-state index is -0.256. The molecule has 1 spiro atoms. The standard InChI is InChI=1S/C17H25FN2/c1-13(19)16-14(18)5-4-6-15(16)20-11-9-17(10-12-20)7-2-3-8-17/h4-6,13H,2-3,7-12,19H2,1H3. The molecule has 1 aliphatic carbocycles. The van der Waals surface area contributed by atoms with Gasteiger partial charge in [-0.3, -0.25) is 0 Å². The van der Waals surface area contributed by atoms with Crippen LogP contribution in [0.25, 0.3) is 0 Å². The molecule has 1 aliphatic heterocycles. The second-order valence-electron chi connectivity index (χ2n) is 6.66. The summed E-state index contributed by atoms with van der Waals surface area (Å²) in [5.41, 5.74) is 8.25. The Morgan fingerprint density at radius 3 is 2.40 bits per heavy atom. The number of halogens is 1. The Hall–Kier alpha value is -1.09. The number of benzene rings is 1. The van der Waals surface area contributed by atoms with Gasteiger partial charge in [0.05, 0.1) is 0 Å². The summed E-state index contributed by atoms with van der Waals surface area (Å²) in [6.45, 7) is 3.96. The van der Waals surface area contributed by atoms with E-state index in [-0.39, 0.29) is 11.9 Å². The van der Waals surface area contributed by atoms with Crippen LogP contribution in [0.5, 0.6) is 0 Å². The predicted molar refractivity (Wildman–Crippen MR) is 81.4 cm³/mol. The maximum absolute atomic E-state index is 14.0. The molecule has 1 atom stereocenters. The van der Waals surface area contributed by atoms with Gasteiger partial charge >= 0.3 is 0 Å². The summed E-state index contributed by atoms with van der Waals surface area (Å²) >= 11 is 0. The third-order valence-corrected chi connectivity index (χ3v) is 5.31. The maximum Gasteiger partial charge on any atom is 0.130 e. The van der Waals surface area contributed by atoms with E-state index in [1.165, 1.54) is 44.6 Å². The molecule has 1 aromatic carbocycles. The first kappa shape index (κ1) is 13.9. The van der Waals surface area contributed by atoms with Crippen molar-refractivity contribution in [2.75, 3.05) is 18.0 Å². The molecule has 3 heteroatoms. The molecule has 2 nitrogen and oxygen atoms in total. The van der Waals surface area contributed by atoms with Crippen molar-refractivity contribution in [3.8, 4) is 0 Å². The second-order valence-corrected chi connectivity index (χ2v) is 6.66. The van der Waals surface area contributed by atoms with E-state index in [9.17, 15) is 4.39 Å². The van der Waals surface area contributed by atoms with Gasteiger partial charge in [0, 0.05) is 30.4 Å². The van der Waals surface area contributed by atoms with Crippen LogP contribution in [-0.2, 0) is 0 Å². The van der Waals surface area contributed by atoms with Crippen molar-refractivity contribution in [3.05, 3.63) is 29.6 Å². The van der Waals surface area contributed by atoms with Crippen molar-refractivity contribution in [1.82, 2.24) is 0 Å². The lowest BCUT2D eigenvalue weighted by Crippen LogP contribution is -2.39. The van der Waals surface area contributed by atoms with Gasteiger partial charge in [-0.1, -0.05) is 18.9 Å². The zero-order chi connectivity index (χ0) is 14.2. The van der Waals surface area contributed by atoms with Crippen molar-refractivity contribution in [1.29, 1.82) is 0 Å². The first-order valence-corrected chi connectivity index (χ1v) is 7.90. The average Bonchev–Trinajstić information content (AvgIpc) is 2.87. The predicted octanol–water partition coefficient (Wildman–Crippen LogP) is 4.01. The highest BCUT2D eigenvalue weighted by atomic mass is 19.1. The molecule has 0 radical (unpaired) electrons. The van der Waals surface area contributed by atoms with Gasteiger partial charge in [0.2, 0.25) is 0 Å². The Bertz CT molecular complexity index is 468. The quantitative estimate of drug-likeness (QED) is 0.884. The van der Waals surface area contributed by atoms with Gasteiger partial charge < -0.3 is 10.6 Å². The smallest absolute Gasteiger partial charge is 0.130 e. The third-order valence-electron chi connectivity index (χ3n) is 5.31. The highest BCUT2D eigenvalue weighted by Crippen LogP contribution is 2.47. The van der Waals surface area contributed by atoms with E-state index in [1.807, 2.05) is 13.0 Å². The van der Waals surface area contributed by atoms with Crippen LogP contribution < -0.4 is 10.6 Å². The molecule has 1 saturated heterocycles. The molecule has 20 heavy (non-hydrogen) atoms. The molecule has 1 unspecified atom stereocenters. The zero-order valence-corrected chi connectivity index (χ0v) is 12.4. The van der Waals surface area contributed by atoms with E-state index >= 15 is 0 Å². The molecule has 2 aliphatic rings. The molecule has 2 fully saturated rings. The SMILES string of the molecule is CC(N)c1c(F)cccc1N1CCC2(CCCC2)CC1. The van der Waals surface area contributed by atoms with Crippen LogP contribution in [0, 0.1) is 11.2 Å². The van der Waals surface area contributed by atoms with Crippen molar-refractivity contribution >= 4 is 5.69 Å². The first-order valence-electron chi connectivity index (χ1n) is 7.90. The number of hydrogen-bond donors (Lipinski definition) is 1. The molecular formula is C17H25FN2. The van der Waals surface area contributed by atoms with E-state index in [0.29, 0.717) is 11.0 Å². The fourth-order valence-electron chi connectivity index (χ4n) is 4.10. The topological polar surface area (TPSA) is 29.3 Å². The lowest BCUT2D eigenvalue weighted by molar-refractivity contribution is 0.226. The summed E-state index contributed by atoms with van der Waals surface area (Å²) in [4.78, 5) is 2.34. The lowest BCUT2D eigenvalue weighted by Gasteiger charge is -2.41. The van der Waals surface area contributed by atoms with Gasteiger partial charge in [-0.2, -0.15) is 0 Å². The lowest BCUT2D eigenvalue weighted by atomic mass is 9.77. The Kier molecular flexibility index (Phi) is 3.72. The number of nitrogens with two attached hydrogens (primary N) is 1. The van der Waals surface area contributed by atoms with E-state index < -0.39 is 0 Å². The molecule has 0 bridgehead atoms. The Morgan fingerprint density at radius 2 is 1.80 bits per heavy atom. The summed E-state index contributed by atoms with van der Waals surface area (Å²) in [6, 6.07) is 5.09. The Morgan fingerprint density at radius 1 is 1.15 bits per heavy atom.